The average Bonchev–Trinajstić information content (AvgIpc) is 3.14. The van der Waals surface area contributed by atoms with E-state index in [4.69, 9.17) is 21.3 Å². The molecule has 2 aromatic heterocycles. The third kappa shape index (κ3) is 2.20. The number of halogens is 1. The Kier molecular flexibility index (Phi) is 3.13. The molecule has 0 N–H and O–H groups in total. The van der Waals surface area contributed by atoms with Gasteiger partial charge >= 0.3 is 0 Å². The van der Waals surface area contributed by atoms with Crippen molar-refractivity contribution in [3.63, 3.8) is 0 Å². The summed E-state index contributed by atoms with van der Waals surface area (Å²) in [7, 11) is 0. The number of rotatable bonds is 2. The molecule has 1 unspecified atom stereocenters. The monoisotopic (exact) mass is 299 g/mol. The zero-order chi connectivity index (χ0) is 14.2. The Morgan fingerprint density at radius 3 is 3.00 bits per heavy atom. The number of hydrogen-bond acceptors (Lipinski definition) is 3. The van der Waals surface area contributed by atoms with Crippen LogP contribution in [0.1, 0.15) is 24.8 Å². The normalized spacial score (nSPS) is 18.4. The molecule has 1 fully saturated rings. The van der Waals surface area contributed by atoms with E-state index in [-0.39, 0.29) is 6.10 Å². The highest BCUT2D eigenvalue weighted by molar-refractivity contribution is 6.30. The largest absolute Gasteiger partial charge is 0.370 e. The summed E-state index contributed by atoms with van der Waals surface area (Å²) in [4.78, 5) is 9.21. The first-order valence-electron chi connectivity index (χ1n) is 7.04. The van der Waals surface area contributed by atoms with Gasteiger partial charge in [0.2, 0.25) is 0 Å². The number of nitrogens with zero attached hydrogens (tertiary/aromatic N) is 3. The number of ether oxygens (including phenoxy) is 1. The molecule has 0 spiro atoms. The van der Waals surface area contributed by atoms with Gasteiger partial charge in [0, 0.05) is 17.8 Å². The Balaban J connectivity index is 1.98. The lowest BCUT2D eigenvalue weighted by Gasteiger charge is -2.13. The maximum absolute atomic E-state index is 6.14. The van der Waals surface area contributed by atoms with Crippen LogP contribution < -0.4 is 0 Å². The number of pyridine rings is 1. The Morgan fingerprint density at radius 1 is 1.24 bits per heavy atom. The van der Waals surface area contributed by atoms with Gasteiger partial charge in [-0.25, -0.2) is 9.97 Å². The van der Waals surface area contributed by atoms with Crippen LogP contribution in [0.4, 0.5) is 0 Å². The summed E-state index contributed by atoms with van der Waals surface area (Å²) >= 11 is 6.14. The fourth-order valence-electron chi connectivity index (χ4n) is 2.80. The van der Waals surface area contributed by atoms with Crippen molar-refractivity contribution in [2.45, 2.75) is 18.9 Å². The number of benzene rings is 1. The molecule has 0 radical (unpaired) electrons. The molecule has 4 rings (SSSR count). The number of imidazole rings is 1. The van der Waals surface area contributed by atoms with Gasteiger partial charge in [-0.2, -0.15) is 0 Å². The van der Waals surface area contributed by atoms with Crippen LogP contribution in [0.15, 0.2) is 42.6 Å². The second kappa shape index (κ2) is 5.13. The fraction of sp³-hybridized carbons (Fsp3) is 0.250. The van der Waals surface area contributed by atoms with Gasteiger partial charge in [0.25, 0.3) is 0 Å². The molecule has 0 aliphatic carbocycles. The van der Waals surface area contributed by atoms with Crippen molar-refractivity contribution < 1.29 is 4.74 Å². The van der Waals surface area contributed by atoms with E-state index in [1.54, 1.807) is 6.20 Å². The summed E-state index contributed by atoms with van der Waals surface area (Å²) < 4.78 is 7.87. The van der Waals surface area contributed by atoms with Gasteiger partial charge in [0.15, 0.2) is 5.65 Å². The topological polar surface area (TPSA) is 39.9 Å². The molecule has 106 valence electrons. The van der Waals surface area contributed by atoms with E-state index in [0.717, 1.165) is 42.1 Å². The van der Waals surface area contributed by atoms with Crippen LogP contribution >= 0.6 is 11.6 Å². The number of fused-ring (bicyclic) bond motifs is 1. The maximum Gasteiger partial charge on any atom is 0.164 e. The second-order valence-corrected chi connectivity index (χ2v) is 5.57. The first-order chi connectivity index (χ1) is 10.3. The van der Waals surface area contributed by atoms with Crippen molar-refractivity contribution in [3.05, 3.63) is 53.4 Å². The zero-order valence-electron chi connectivity index (χ0n) is 11.4. The molecule has 1 aliphatic rings. The Morgan fingerprint density at radius 2 is 2.19 bits per heavy atom. The summed E-state index contributed by atoms with van der Waals surface area (Å²) in [6, 6.07) is 11.6. The van der Waals surface area contributed by atoms with Crippen LogP contribution in [0.25, 0.3) is 16.9 Å². The molecule has 4 nitrogen and oxygen atoms in total. The molecule has 5 heteroatoms. The van der Waals surface area contributed by atoms with Crippen LogP contribution in [0.3, 0.4) is 0 Å². The lowest BCUT2D eigenvalue weighted by molar-refractivity contribution is 0.104. The Labute approximate surface area is 127 Å². The standard InChI is InChI=1S/C16H14ClN3O/c17-11-4-1-5-12(10-11)20-15-13(6-2-8-18-15)19-16(20)14-7-3-9-21-14/h1-2,4-6,8,10,14H,3,7,9H2. The van der Waals surface area contributed by atoms with Crippen LogP contribution in [0.2, 0.25) is 5.02 Å². The van der Waals surface area contributed by atoms with E-state index in [0.29, 0.717) is 5.02 Å². The van der Waals surface area contributed by atoms with Crippen molar-refractivity contribution in [1.29, 1.82) is 0 Å². The molecule has 1 saturated heterocycles. The van der Waals surface area contributed by atoms with E-state index in [2.05, 4.69) is 9.55 Å². The van der Waals surface area contributed by atoms with Crippen molar-refractivity contribution in [2.75, 3.05) is 6.61 Å². The third-order valence-electron chi connectivity index (χ3n) is 3.73. The third-order valence-corrected chi connectivity index (χ3v) is 3.96. The average molecular weight is 300 g/mol. The van der Waals surface area contributed by atoms with Gasteiger partial charge in [-0.1, -0.05) is 17.7 Å². The number of hydrogen-bond donors (Lipinski definition) is 0. The minimum absolute atomic E-state index is 0.0261. The molecule has 0 amide bonds. The first kappa shape index (κ1) is 12.8. The Hall–Kier alpha value is -1.91. The highest BCUT2D eigenvalue weighted by atomic mass is 35.5. The molecule has 3 heterocycles. The number of aromatic nitrogens is 3. The highest BCUT2D eigenvalue weighted by Crippen LogP contribution is 2.32. The van der Waals surface area contributed by atoms with Crippen molar-refractivity contribution in [1.82, 2.24) is 14.5 Å². The van der Waals surface area contributed by atoms with Gasteiger partial charge in [-0.3, -0.25) is 4.57 Å². The van der Waals surface area contributed by atoms with Gasteiger partial charge in [-0.15, -0.1) is 0 Å². The van der Waals surface area contributed by atoms with Gasteiger partial charge in [0.1, 0.15) is 17.4 Å². The summed E-state index contributed by atoms with van der Waals surface area (Å²) in [5.74, 6) is 0.906. The summed E-state index contributed by atoms with van der Waals surface area (Å²) in [6.45, 7) is 0.789. The van der Waals surface area contributed by atoms with E-state index in [1.807, 2.05) is 36.4 Å². The molecule has 1 aromatic carbocycles. The molecule has 3 aromatic rings. The molecule has 1 atom stereocenters. The lowest BCUT2D eigenvalue weighted by atomic mass is 10.2. The summed E-state index contributed by atoms with van der Waals surface area (Å²) in [6.07, 6.45) is 3.86. The van der Waals surface area contributed by atoms with E-state index in [1.165, 1.54) is 0 Å². The van der Waals surface area contributed by atoms with Crippen molar-refractivity contribution in [2.24, 2.45) is 0 Å². The van der Waals surface area contributed by atoms with Crippen molar-refractivity contribution in [3.8, 4) is 5.69 Å². The van der Waals surface area contributed by atoms with Crippen molar-refractivity contribution >= 4 is 22.8 Å². The maximum atomic E-state index is 6.14. The van der Waals surface area contributed by atoms with Crippen LogP contribution in [0, 0.1) is 0 Å². The van der Waals surface area contributed by atoms with Crippen LogP contribution in [-0.2, 0) is 4.74 Å². The van der Waals surface area contributed by atoms with Crippen LogP contribution in [0.5, 0.6) is 0 Å². The summed E-state index contributed by atoms with van der Waals surface area (Å²) in [5.41, 5.74) is 2.68. The van der Waals surface area contributed by atoms with E-state index >= 15 is 0 Å². The summed E-state index contributed by atoms with van der Waals surface area (Å²) in [5, 5.41) is 0.698. The van der Waals surface area contributed by atoms with E-state index in [9.17, 15) is 0 Å². The molecular formula is C16H14ClN3O. The molecule has 21 heavy (non-hydrogen) atoms. The quantitative estimate of drug-likeness (QED) is 0.720. The van der Waals surface area contributed by atoms with E-state index < -0.39 is 0 Å². The van der Waals surface area contributed by atoms with Gasteiger partial charge < -0.3 is 4.74 Å². The minimum Gasteiger partial charge on any atom is -0.370 e. The SMILES string of the molecule is Clc1cccc(-n2c(C3CCCO3)nc3cccnc32)c1. The molecule has 0 bridgehead atoms. The van der Waals surface area contributed by atoms with Crippen LogP contribution in [-0.4, -0.2) is 21.1 Å². The van der Waals surface area contributed by atoms with Gasteiger partial charge in [0.05, 0.1) is 5.69 Å². The molecule has 0 saturated carbocycles. The second-order valence-electron chi connectivity index (χ2n) is 5.13. The zero-order valence-corrected chi connectivity index (χ0v) is 12.1. The fourth-order valence-corrected chi connectivity index (χ4v) is 2.98. The predicted octanol–water partition coefficient (Wildman–Crippen LogP) is 3.93. The highest BCUT2D eigenvalue weighted by Gasteiger charge is 2.25. The lowest BCUT2D eigenvalue weighted by Crippen LogP contribution is -2.07. The predicted molar refractivity (Wildman–Crippen MR) is 81.8 cm³/mol. The Bertz CT molecular complexity index is 793. The van der Waals surface area contributed by atoms with Gasteiger partial charge in [-0.05, 0) is 43.2 Å². The first-order valence-corrected chi connectivity index (χ1v) is 7.41. The molecule has 1 aliphatic heterocycles. The smallest absolute Gasteiger partial charge is 0.164 e. The minimum atomic E-state index is 0.0261. The molecular weight excluding hydrogens is 286 g/mol.